The summed E-state index contributed by atoms with van der Waals surface area (Å²) in [5.74, 6) is 0. The van der Waals surface area contributed by atoms with Crippen molar-refractivity contribution in [2.24, 2.45) is 0 Å². The van der Waals surface area contributed by atoms with Crippen LogP contribution in [-0.4, -0.2) is 31.4 Å². The molecule has 0 spiro atoms. The van der Waals surface area contributed by atoms with Crippen LogP contribution in [0.2, 0.25) is 0 Å². The van der Waals surface area contributed by atoms with Gasteiger partial charge in [-0.25, -0.2) is 0 Å². The summed E-state index contributed by atoms with van der Waals surface area (Å²) in [5.41, 5.74) is 0. The molecule has 0 bridgehead atoms. The maximum Gasteiger partial charge on any atom is 0.270 e. The first-order valence-electron chi connectivity index (χ1n) is 4.15. The minimum atomic E-state index is -3.89. The Morgan fingerprint density at radius 1 is 1.25 bits per heavy atom. The number of hydrogen-bond donors (Lipinski definition) is 1. The lowest BCUT2D eigenvalue weighted by Gasteiger charge is -2.16. The van der Waals surface area contributed by atoms with Gasteiger partial charge in [-0.15, -0.1) is 0 Å². The van der Waals surface area contributed by atoms with E-state index >= 15 is 0 Å². The summed E-state index contributed by atoms with van der Waals surface area (Å²) in [6.07, 6.45) is 3.33. The van der Waals surface area contributed by atoms with Crippen molar-refractivity contribution in [2.45, 2.75) is 30.9 Å². The van der Waals surface area contributed by atoms with Crippen molar-refractivity contribution in [3.05, 3.63) is 0 Å². The molecule has 4 nitrogen and oxygen atoms in total. The normalized spacial score (nSPS) is 27.6. The molecule has 1 aliphatic rings. The van der Waals surface area contributed by atoms with Crippen LogP contribution < -0.4 is 0 Å². The second-order valence-electron chi connectivity index (χ2n) is 3.06. The average Bonchev–Trinajstić information content (AvgIpc) is 1.81. The largest absolute Gasteiger partial charge is 0.380 e. The Kier molecular flexibility index (Phi) is 3.49. The monoisotopic (exact) mass is 194 g/mol. The summed E-state index contributed by atoms with van der Waals surface area (Å²) in [6, 6.07) is 0. The zero-order chi connectivity index (χ0) is 9.03. The summed E-state index contributed by atoms with van der Waals surface area (Å²) in [7, 11) is -3.89. The Hall–Kier alpha value is -0.130. The van der Waals surface area contributed by atoms with E-state index in [9.17, 15) is 8.42 Å². The average molecular weight is 194 g/mol. The summed E-state index contributed by atoms with van der Waals surface area (Å²) in [4.78, 5) is 0. The Balaban J connectivity index is 2.51. The van der Waals surface area contributed by atoms with E-state index in [4.69, 9.17) is 9.29 Å². The lowest BCUT2D eigenvalue weighted by Crippen LogP contribution is -2.27. The molecule has 1 rings (SSSR count). The third-order valence-electron chi connectivity index (χ3n) is 2.04. The van der Waals surface area contributed by atoms with E-state index in [1.54, 1.807) is 0 Å². The molecule has 0 radical (unpaired) electrons. The van der Waals surface area contributed by atoms with Crippen LogP contribution in [0.4, 0.5) is 0 Å². The zero-order valence-corrected chi connectivity index (χ0v) is 7.72. The molecule has 0 amide bonds. The lowest BCUT2D eigenvalue weighted by molar-refractivity contribution is 0.116. The van der Waals surface area contributed by atoms with Gasteiger partial charge in [0.25, 0.3) is 10.1 Å². The second kappa shape index (κ2) is 4.20. The highest BCUT2D eigenvalue weighted by molar-refractivity contribution is 7.86. The van der Waals surface area contributed by atoms with Gasteiger partial charge in [0.1, 0.15) is 5.25 Å². The van der Waals surface area contributed by atoms with Crippen molar-refractivity contribution >= 4 is 10.1 Å². The molecule has 5 heteroatoms. The van der Waals surface area contributed by atoms with Gasteiger partial charge in [0.15, 0.2) is 0 Å². The van der Waals surface area contributed by atoms with E-state index in [1.165, 1.54) is 0 Å². The summed E-state index contributed by atoms with van der Waals surface area (Å²) in [6.45, 7) is 0.741. The fourth-order valence-corrected chi connectivity index (χ4v) is 2.02. The first-order valence-corrected chi connectivity index (χ1v) is 5.65. The van der Waals surface area contributed by atoms with Gasteiger partial charge in [-0.3, -0.25) is 4.55 Å². The molecule has 1 fully saturated rings. The molecule has 12 heavy (non-hydrogen) atoms. The van der Waals surface area contributed by atoms with Gasteiger partial charge in [-0.2, -0.15) is 8.42 Å². The topological polar surface area (TPSA) is 63.6 Å². The quantitative estimate of drug-likeness (QED) is 0.628. The zero-order valence-electron chi connectivity index (χ0n) is 6.90. The summed E-state index contributed by atoms with van der Waals surface area (Å²) >= 11 is 0. The van der Waals surface area contributed by atoms with Crippen LogP contribution in [0.1, 0.15) is 25.7 Å². The fraction of sp³-hybridized carbons (Fsp3) is 1.00. The first-order chi connectivity index (χ1) is 5.61. The van der Waals surface area contributed by atoms with Crippen molar-refractivity contribution in [3.8, 4) is 0 Å². The van der Waals surface area contributed by atoms with Crippen LogP contribution in [-0.2, 0) is 14.9 Å². The number of ether oxygens (including phenoxy) is 1. The smallest absolute Gasteiger partial charge is 0.270 e. The van der Waals surface area contributed by atoms with Crippen LogP contribution >= 0.6 is 0 Å². The van der Waals surface area contributed by atoms with Crippen LogP contribution in [0.15, 0.2) is 0 Å². The standard InChI is InChI=1S/C7H14O4S/c8-12(9,10)7-4-2-1-3-5-11-6-7/h7H,1-6H2,(H,8,9,10). The predicted molar refractivity (Wildman–Crippen MR) is 44.6 cm³/mol. The van der Waals surface area contributed by atoms with Crippen molar-refractivity contribution in [1.82, 2.24) is 0 Å². The van der Waals surface area contributed by atoms with E-state index in [0.29, 0.717) is 13.0 Å². The molecule has 0 aromatic heterocycles. The molecule has 0 aliphatic carbocycles. The third kappa shape index (κ3) is 3.08. The second-order valence-corrected chi connectivity index (χ2v) is 4.76. The van der Waals surface area contributed by atoms with Gasteiger partial charge in [0.2, 0.25) is 0 Å². The van der Waals surface area contributed by atoms with Crippen molar-refractivity contribution in [1.29, 1.82) is 0 Å². The minimum Gasteiger partial charge on any atom is -0.380 e. The number of rotatable bonds is 1. The molecule has 0 aromatic rings. The molecule has 72 valence electrons. The van der Waals surface area contributed by atoms with E-state index in [0.717, 1.165) is 19.3 Å². The highest BCUT2D eigenvalue weighted by atomic mass is 32.2. The highest BCUT2D eigenvalue weighted by Gasteiger charge is 2.23. The highest BCUT2D eigenvalue weighted by Crippen LogP contribution is 2.14. The molecular weight excluding hydrogens is 180 g/mol. The van der Waals surface area contributed by atoms with Gasteiger partial charge in [-0.05, 0) is 12.8 Å². The summed E-state index contributed by atoms with van der Waals surface area (Å²) in [5, 5.41) is -0.710. The minimum absolute atomic E-state index is 0.138. The van der Waals surface area contributed by atoms with Crippen molar-refractivity contribution in [2.75, 3.05) is 13.2 Å². The Morgan fingerprint density at radius 3 is 2.67 bits per heavy atom. The Bertz CT molecular complexity index is 214. The molecule has 1 saturated heterocycles. The van der Waals surface area contributed by atoms with Gasteiger partial charge < -0.3 is 4.74 Å². The summed E-state index contributed by atoms with van der Waals surface area (Å²) < 4.78 is 35.3. The SMILES string of the molecule is O=S(=O)(O)C1CCCCCOC1. The van der Waals surface area contributed by atoms with E-state index < -0.39 is 15.4 Å². The molecular formula is C7H14O4S. The Morgan fingerprint density at radius 2 is 2.00 bits per heavy atom. The van der Waals surface area contributed by atoms with E-state index in [-0.39, 0.29) is 6.61 Å². The molecule has 1 atom stereocenters. The van der Waals surface area contributed by atoms with Gasteiger partial charge in [0.05, 0.1) is 6.61 Å². The number of hydrogen-bond acceptors (Lipinski definition) is 3. The van der Waals surface area contributed by atoms with E-state index in [2.05, 4.69) is 0 Å². The van der Waals surface area contributed by atoms with Crippen LogP contribution in [0.3, 0.4) is 0 Å². The molecule has 1 unspecified atom stereocenters. The van der Waals surface area contributed by atoms with Crippen molar-refractivity contribution < 1.29 is 17.7 Å². The molecule has 1 aliphatic heterocycles. The van der Waals surface area contributed by atoms with Crippen LogP contribution in [0, 0.1) is 0 Å². The van der Waals surface area contributed by atoms with Crippen LogP contribution in [0.25, 0.3) is 0 Å². The maximum absolute atomic E-state index is 10.7. The van der Waals surface area contributed by atoms with Crippen LogP contribution in [0.5, 0.6) is 0 Å². The molecule has 1 N–H and O–H groups in total. The van der Waals surface area contributed by atoms with Gasteiger partial charge in [-0.1, -0.05) is 12.8 Å². The lowest BCUT2D eigenvalue weighted by atomic mass is 10.1. The van der Waals surface area contributed by atoms with E-state index in [1.807, 2.05) is 0 Å². The fourth-order valence-electron chi connectivity index (χ4n) is 1.29. The Labute approximate surface area is 72.7 Å². The maximum atomic E-state index is 10.7. The van der Waals surface area contributed by atoms with Gasteiger partial charge >= 0.3 is 0 Å². The molecule has 1 heterocycles. The van der Waals surface area contributed by atoms with Gasteiger partial charge in [0, 0.05) is 6.61 Å². The molecule has 0 aromatic carbocycles. The first kappa shape index (κ1) is 9.95. The third-order valence-corrected chi connectivity index (χ3v) is 3.25. The predicted octanol–water partition coefficient (Wildman–Crippen LogP) is 0.833. The van der Waals surface area contributed by atoms with Crippen molar-refractivity contribution in [3.63, 3.8) is 0 Å². The molecule has 0 saturated carbocycles.